The van der Waals surface area contributed by atoms with Crippen LogP contribution in [0.1, 0.15) is 55.0 Å². The zero-order valence-electron chi connectivity index (χ0n) is 14.3. The van der Waals surface area contributed by atoms with Crippen LogP contribution in [0.15, 0.2) is 23.1 Å². The summed E-state index contributed by atoms with van der Waals surface area (Å²) in [6.07, 6.45) is 4.65. The second-order valence-electron chi connectivity index (χ2n) is 6.55. The van der Waals surface area contributed by atoms with Crippen LogP contribution in [0.3, 0.4) is 0 Å². The van der Waals surface area contributed by atoms with E-state index in [0.717, 1.165) is 43.2 Å². The van der Waals surface area contributed by atoms with Crippen molar-refractivity contribution in [2.75, 3.05) is 12.9 Å². The van der Waals surface area contributed by atoms with Gasteiger partial charge in [-0.1, -0.05) is 0 Å². The Morgan fingerprint density at radius 3 is 3.00 bits per heavy atom. The van der Waals surface area contributed by atoms with Gasteiger partial charge in [0.1, 0.15) is 17.4 Å². The van der Waals surface area contributed by atoms with Gasteiger partial charge in [0.25, 0.3) is 0 Å². The molecule has 3 heterocycles. The molecule has 128 valence electrons. The quantitative estimate of drug-likeness (QED) is 0.921. The predicted molar refractivity (Wildman–Crippen MR) is 95.6 cm³/mol. The molecule has 0 aliphatic carbocycles. The maximum atomic E-state index is 5.46. The molecule has 24 heavy (non-hydrogen) atoms. The first-order chi connectivity index (χ1) is 11.7. The van der Waals surface area contributed by atoms with Crippen LogP contribution in [0.2, 0.25) is 0 Å². The molecule has 2 aliphatic rings. The summed E-state index contributed by atoms with van der Waals surface area (Å²) in [4.78, 5) is 6.05. The number of ether oxygens (including phenoxy) is 1. The summed E-state index contributed by atoms with van der Waals surface area (Å²) in [7, 11) is 1.74. The largest absolute Gasteiger partial charge is 0.497 e. The lowest BCUT2D eigenvalue weighted by Gasteiger charge is -2.28. The molecule has 2 atom stereocenters. The van der Waals surface area contributed by atoms with Crippen LogP contribution in [0.5, 0.6) is 5.75 Å². The van der Waals surface area contributed by atoms with Crippen LogP contribution >= 0.6 is 11.8 Å². The fourth-order valence-electron chi connectivity index (χ4n) is 3.72. The summed E-state index contributed by atoms with van der Waals surface area (Å²) < 4.78 is 7.53. The van der Waals surface area contributed by atoms with Crippen molar-refractivity contribution in [3.8, 4) is 5.75 Å². The van der Waals surface area contributed by atoms with Crippen molar-refractivity contribution in [2.45, 2.75) is 56.1 Å². The Morgan fingerprint density at radius 1 is 1.25 bits per heavy atom. The second-order valence-corrected chi connectivity index (χ2v) is 7.69. The van der Waals surface area contributed by atoms with E-state index in [1.165, 1.54) is 22.6 Å². The molecule has 1 aromatic heterocycles. The van der Waals surface area contributed by atoms with Gasteiger partial charge in [-0.3, -0.25) is 0 Å². The van der Waals surface area contributed by atoms with Gasteiger partial charge in [0.05, 0.1) is 13.2 Å². The van der Waals surface area contributed by atoms with Gasteiger partial charge in [-0.05, 0) is 62.1 Å². The number of nitrogens with one attached hydrogen (secondary N) is 1. The van der Waals surface area contributed by atoms with Crippen LogP contribution < -0.4 is 10.1 Å². The molecule has 5 nitrogen and oxygen atoms in total. The third-order valence-corrected chi connectivity index (χ3v) is 6.05. The lowest BCUT2D eigenvalue weighted by molar-refractivity contribution is 0.326. The summed E-state index contributed by atoms with van der Waals surface area (Å²) in [6, 6.07) is 7.09. The number of fused-ring (bicyclic) bond motifs is 2. The van der Waals surface area contributed by atoms with E-state index >= 15 is 0 Å². The average molecular weight is 344 g/mol. The minimum Gasteiger partial charge on any atom is -0.497 e. The summed E-state index contributed by atoms with van der Waals surface area (Å²) >= 11 is 1.96. The van der Waals surface area contributed by atoms with Crippen molar-refractivity contribution in [1.82, 2.24) is 20.1 Å². The summed E-state index contributed by atoms with van der Waals surface area (Å²) in [5.41, 5.74) is 1.37. The number of aromatic nitrogens is 3. The first kappa shape index (κ1) is 16.0. The van der Waals surface area contributed by atoms with Crippen molar-refractivity contribution >= 4 is 11.8 Å². The van der Waals surface area contributed by atoms with E-state index in [1.807, 2.05) is 18.7 Å². The highest BCUT2D eigenvalue weighted by atomic mass is 32.2. The third-order valence-electron chi connectivity index (χ3n) is 4.87. The van der Waals surface area contributed by atoms with E-state index in [9.17, 15) is 0 Å². The number of methoxy groups -OCH3 is 1. The zero-order valence-corrected chi connectivity index (χ0v) is 15.1. The highest BCUT2D eigenvalue weighted by molar-refractivity contribution is 7.99. The first-order valence-electron chi connectivity index (χ1n) is 8.73. The maximum absolute atomic E-state index is 5.46. The van der Waals surface area contributed by atoms with Gasteiger partial charge in [0, 0.05) is 17.5 Å². The molecule has 6 heteroatoms. The molecule has 1 aromatic carbocycles. The molecule has 0 fully saturated rings. The predicted octanol–water partition coefficient (Wildman–Crippen LogP) is 3.65. The molecule has 1 N–H and O–H groups in total. The second kappa shape index (κ2) is 6.76. The van der Waals surface area contributed by atoms with E-state index in [1.54, 1.807) is 7.11 Å². The molecule has 2 unspecified atom stereocenters. The third kappa shape index (κ3) is 3.05. The van der Waals surface area contributed by atoms with Gasteiger partial charge >= 0.3 is 0 Å². The summed E-state index contributed by atoms with van der Waals surface area (Å²) in [5.74, 6) is 4.08. The number of rotatable bonds is 3. The first-order valence-corrected chi connectivity index (χ1v) is 9.71. The summed E-state index contributed by atoms with van der Waals surface area (Å²) in [5, 5.41) is 8.41. The van der Waals surface area contributed by atoms with E-state index in [-0.39, 0.29) is 6.04 Å². The van der Waals surface area contributed by atoms with Crippen LogP contribution in [-0.4, -0.2) is 27.6 Å². The van der Waals surface area contributed by atoms with Gasteiger partial charge in [-0.25, -0.2) is 9.67 Å². The maximum Gasteiger partial charge on any atom is 0.147 e. The number of benzene rings is 1. The fraction of sp³-hybridized carbons (Fsp3) is 0.556. The standard InChI is InChI=1S/C18H24N4OS/c1-12-19-18-16(5-3-9-22(18)21-12)20-15-6-4-10-24-17-8-7-13(23-2)11-14(15)17/h7-8,11,15-16,20H,3-6,9-10H2,1-2H3. The Bertz CT molecular complexity index is 730. The van der Waals surface area contributed by atoms with Crippen LogP contribution in [-0.2, 0) is 6.54 Å². The molecule has 0 spiro atoms. The number of thioether (sulfide) groups is 1. The van der Waals surface area contributed by atoms with E-state index in [2.05, 4.69) is 38.3 Å². The van der Waals surface area contributed by atoms with E-state index in [4.69, 9.17) is 4.74 Å². The zero-order chi connectivity index (χ0) is 16.5. The minimum absolute atomic E-state index is 0.284. The van der Waals surface area contributed by atoms with Crippen molar-refractivity contribution in [3.05, 3.63) is 35.4 Å². The molecule has 0 radical (unpaired) electrons. The number of aryl methyl sites for hydroxylation is 2. The number of nitrogens with zero attached hydrogens (tertiary/aromatic N) is 3. The van der Waals surface area contributed by atoms with E-state index < -0.39 is 0 Å². The van der Waals surface area contributed by atoms with Crippen molar-refractivity contribution in [2.24, 2.45) is 0 Å². The van der Waals surface area contributed by atoms with Gasteiger partial charge in [-0.2, -0.15) is 5.10 Å². The van der Waals surface area contributed by atoms with Crippen molar-refractivity contribution in [3.63, 3.8) is 0 Å². The Morgan fingerprint density at radius 2 is 2.12 bits per heavy atom. The van der Waals surface area contributed by atoms with Gasteiger partial charge in [0.2, 0.25) is 0 Å². The van der Waals surface area contributed by atoms with Crippen molar-refractivity contribution < 1.29 is 4.74 Å². The molecule has 0 saturated carbocycles. The molecule has 0 amide bonds. The molecule has 0 saturated heterocycles. The van der Waals surface area contributed by atoms with Gasteiger partial charge in [-0.15, -0.1) is 11.8 Å². The number of hydrogen-bond acceptors (Lipinski definition) is 5. The Hall–Kier alpha value is -1.53. The normalized spacial score (nSPS) is 23.2. The van der Waals surface area contributed by atoms with E-state index in [0.29, 0.717) is 6.04 Å². The molecule has 2 aromatic rings. The molecule has 4 rings (SSSR count). The Kier molecular flexibility index (Phi) is 4.50. The Balaban J connectivity index is 1.63. The lowest BCUT2D eigenvalue weighted by atomic mass is 9.98. The number of hydrogen-bond donors (Lipinski definition) is 1. The minimum atomic E-state index is 0.284. The summed E-state index contributed by atoms with van der Waals surface area (Å²) in [6.45, 7) is 2.96. The van der Waals surface area contributed by atoms with Gasteiger partial charge in [0.15, 0.2) is 0 Å². The van der Waals surface area contributed by atoms with Crippen molar-refractivity contribution in [1.29, 1.82) is 0 Å². The average Bonchev–Trinajstić information content (AvgIpc) is 2.87. The van der Waals surface area contributed by atoms with Gasteiger partial charge < -0.3 is 10.1 Å². The van der Waals surface area contributed by atoms with Crippen LogP contribution in [0.4, 0.5) is 0 Å². The Labute approximate surface area is 147 Å². The lowest BCUT2D eigenvalue weighted by Crippen LogP contribution is -2.32. The topological polar surface area (TPSA) is 52.0 Å². The highest BCUT2D eigenvalue weighted by Gasteiger charge is 2.28. The van der Waals surface area contributed by atoms with Crippen LogP contribution in [0, 0.1) is 6.92 Å². The molecular formula is C18H24N4OS. The SMILES string of the molecule is COc1ccc2c(c1)C(NC1CCCn3nc(C)nc31)CCCS2. The molecule has 2 aliphatic heterocycles. The molecule has 0 bridgehead atoms. The highest BCUT2D eigenvalue weighted by Crippen LogP contribution is 2.38. The monoisotopic (exact) mass is 344 g/mol. The fourth-order valence-corrected chi connectivity index (χ4v) is 4.79. The smallest absolute Gasteiger partial charge is 0.147 e. The van der Waals surface area contributed by atoms with Crippen LogP contribution in [0.25, 0.3) is 0 Å². The molecular weight excluding hydrogens is 320 g/mol.